The molecule has 0 spiro atoms. The van der Waals surface area contributed by atoms with E-state index in [0.717, 1.165) is 31.4 Å². The molecule has 0 aliphatic heterocycles. The van der Waals surface area contributed by atoms with Gasteiger partial charge in [0.15, 0.2) is 10.6 Å². The van der Waals surface area contributed by atoms with Crippen molar-refractivity contribution < 1.29 is 27.6 Å². The third-order valence-corrected chi connectivity index (χ3v) is 4.73. The summed E-state index contributed by atoms with van der Waals surface area (Å²) in [6.45, 7) is 0.133. The zero-order valence-corrected chi connectivity index (χ0v) is 13.8. The van der Waals surface area contributed by atoms with Gasteiger partial charge in [0.25, 0.3) is 0 Å². The maximum atomic E-state index is 13.2. The number of aryl methyl sites for hydroxylation is 1. The summed E-state index contributed by atoms with van der Waals surface area (Å²) in [6.07, 6.45) is 4.20. The SMILES string of the molecule is N=c1sc2c(n1CC(=O)c1cccc(F)c1)CCCC2.[Br-].[H+]. The van der Waals surface area contributed by atoms with E-state index in [2.05, 4.69) is 0 Å². The van der Waals surface area contributed by atoms with Crippen LogP contribution in [-0.4, -0.2) is 10.4 Å². The Morgan fingerprint density at radius 1 is 1.38 bits per heavy atom. The number of benzene rings is 1. The monoisotopic (exact) mass is 370 g/mol. The molecule has 1 aliphatic carbocycles. The molecule has 0 saturated carbocycles. The molecule has 0 fully saturated rings. The van der Waals surface area contributed by atoms with E-state index < -0.39 is 5.82 Å². The van der Waals surface area contributed by atoms with Crippen LogP contribution in [0.25, 0.3) is 0 Å². The average Bonchev–Trinajstić information content (AvgIpc) is 2.75. The molecule has 3 nitrogen and oxygen atoms in total. The molecule has 1 heterocycles. The topological polar surface area (TPSA) is 45.9 Å². The zero-order valence-electron chi connectivity index (χ0n) is 12.4. The van der Waals surface area contributed by atoms with Crippen molar-refractivity contribution in [2.24, 2.45) is 0 Å². The number of carbonyl (C=O) groups is 1. The molecule has 1 N–H and O–H groups in total. The van der Waals surface area contributed by atoms with Crippen molar-refractivity contribution in [2.75, 3.05) is 0 Å². The molecule has 0 bridgehead atoms. The van der Waals surface area contributed by atoms with Crippen molar-refractivity contribution in [2.45, 2.75) is 32.2 Å². The summed E-state index contributed by atoms with van der Waals surface area (Å²) in [4.78, 5) is 13.9. The largest absolute Gasteiger partial charge is 1.00 e. The Morgan fingerprint density at radius 2 is 2.14 bits per heavy atom. The molecule has 21 heavy (non-hydrogen) atoms. The molecule has 1 aliphatic rings. The van der Waals surface area contributed by atoms with E-state index in [1.165, 1.54) is 34.4 Å². The minimum absolute atomic E-state index is 0. The molecule has 3 rings (SSSR count). The summed E-state index contributed by atoms with van der Waals surface area (Å²) in [6, 6.07) is 5.74. The van der Waals surface area contributed by atoms with Gasteiger partial charge in [-0.05, 0) is 37.8 Å². The first-order valence-corrected chi connectivity index (χ1v) is 7.51. The van der Waals surface area contributed by atoms with E-state index in [1.54, 1.807) is 10.6 Å². The second kappa shape index (κ2) is 6.66. The Balaban J connectivity index is 0.00000121. The van der Waals surface area contributed by atoms with Crippen LogP contribution in [0.4, 0.5) is 4.39 Å². The van der Waals surface area contributed by atoms with E-state index in [1.807, 2.05) is 0 Å². The first-order valence-electron chi connectivity index (χ1n) is 6.70. The summed E-state index contributed by atoms with van der Waals surface area (Å²) in [5.74, 6) is -0.548. The fourth-order valence-electron chi connectivity index (χ4n) is 2.62. The number of halogens is 2. The van der Waals surface area contributed by atoms with Gasteiger partial charge in [0, 0.05) is 16.1 Å². The molecular formula is C15H16BrFN2OS. The van der Waals surface area contributed by atoms with Crippen molar-refractivity contribution in [1.29, 1.82) is 5.41 Å². The van der Waals surface area contributed by atoms with Gasteiger partial charge in [0.2, 0.25) is 0 Å². The van der Waals surface area contributed by atoms with Crippen molar-refractivity contribution >= 4 is 17.1 Å². The van der Waals surface area contributed by atoms with Crippen LogP contribution in [0, 0.1) is 11.2 Å². The molecule has 1 aromatic carbocycles. The van der Waals surface area contributed by atoms with Crippen LogP contribution in [0.5, 0.6) is 0 Å². The maximum absolute atomic E-state index is 13.2. The Labute approximate surface area is 138 Å². The average molecular weight is 371 g/mol. The molecule has 6 heteroatoms. The van der Waals surface area contributed by atoms with Crippen LogP contribution in [0.2, 0.25) is 0 Å². The highest BCUT2D eigenvalue weighted by Crippen LogP contribution is 2.23. The highest BCUT2D eigenvalue weighted by Gasteiger charge is 2.18. The van der Waals surface area contributed by atoms with Gasteiger partial charge in [-0.25, -0.2) is 4.39 Å². The fraction of sp³-hybridized carbons (Fsp3) is 0.333. The Bertz CT molecular complexity index is 729. The summed E-state index contributed by atoms with van der Waals surface area (Å²) >= 11 is 1.46. The zero-order chi connectivity index (χ0) is 14.1. The predicted octanol–water partition coefficient (Wildman–Crippen LogP) is 0.0464. The van der Waals surface area contributed by atoms with Gasteiger partial charge in [-0.2, -0.15) is 0 Å². The standard InChI is InChI=1S/C15H15FN2OS.BrH/c16-11-5-3-4-10(8-11)13(19)9-18-12-6-1-2-7-14(12)20-15(18)17;/h3-5,8,17H,1-2,6-7,9H2;1H. The number of thiazole rings is 1. The van der Waals surface area contributed by atoms with Gasteiger partial charge in [-0.15, -0.1) is 11.3 Å². The van der Waals surface area contributed by atoms with Crippen LogP contribution in [0.3, 0.4) is 0 Å². The van der Waals surface area contributed by atoms with Crippen molar-refractivity contribution in [3.8, 4) is 0 Å². The number of nitrogens with one attached hydrogen (secondary N) is 1. The molecule has 0 unspecified atom stereocenters. The lowest BCUT2D eigenvalue weighted by molar-refractivity contribution is -0.0000127. The number of hydrogen-bond acceptors (Lipinski definition) is 3. The number of Topliss-reactive ketones (excluding diaryl/α,β-unsaturated/α-hetero) is 1. The van der Waals surface area contributed by atoms with Gasteiger partial charge in [0.05, 0.1) is 6.54 Å². The summed E-state index contributed by atoms with van der Waals surface area (Å²) < 4.78 is 14.9. The van der Waals surface area contributed by atoms with Crippen LogP contribution >= 0.6 is 11.3 Å². The van der Waals surface area contributed by atoms with E-state index >= 15 is 0 Å². The number of carbonyl (C=O) groups excluding carboxylic acids is 1. The summed E-state index contributed by atoms with van der Waals surface area (Å²) in [5, 5.41) is 8.02. The molecule has 0 radical (unpaired) electrons. The molecular weight excluding hydrogens is 355 g/mol. The minimum atomic E-state index is -0.403. The maximum Gasteiger partial charge on any atom is 1.00 e. The molecule has 0 atom stereocenters. The Kier molecular flexibility index (Phi) is 5.11. The molecule has 1 aromatic heterocycles. The highest BCUT2D eigenvalue weighted by atomic mass is 79.9. The fourth-order valence-corrected chi connectivity index (χ4v) is 3.71. The van der Waals surface area contributed by atoms with Gasteiger partial charge in [-0.3, -0.25) is 10.2 Å². The molecule has 2 aromatic rings. The molecule has 0 amide bonds. The normalized spacial score (nSPS) is 13.4. The van der Waals surface area contributed by atoms with Gasteiger partial charge >= 0.3 is 1.43 Å². The predicted molar refractivity (Wildman–Crippen MR) is 76.6 cm³/mol. The van der Waals surface area contributed by atoms with Crippen molar-refractivity contribution in [3.05, 3.63) is 51.0 Å². The Morgan fingerprint density at radius 3 is 2.90 bits per heavy atom. The smallest absolute Gasteiger partial charge is 1.00 e. The van der Waals surface area contributed by atoms with Crippen LogP contribution in [0.1, 0.15) is 35.2 Å². The van der Waals surface area contributed by atoms with Gasteiger partial charge in [-0.1, -0.05) is 12.1 Å². The Hall–Kier alpha value is -1.27. The number of ketones is 1. The molecule has 0 saturated heterocycles. The minimum Gasteiger partial charge on any atom is -1.00 e. The number of nitrogens with zero attached hydrogens (tertiary/aromatic N) is 1. The van der Waals surface area contributed by atoms with Crippen LogP contribution < -0.4 is 21.8 Å². The third-order valence-electron chi connectivity index (χ3n) is 3.63. The molecule has 112 valence electrons. The van der Waals surface area contributed by atoms with Gasteiger partial charge in [0.1, 0.15) is 5.82 Å². The van der Waals surface area contributed by atoms with Crippen molar-refractivity contribution in [3.63, 3.8) is 0 Å². The number of hydrogen-bond donors (Lipinski definition) is 1. The number of fused-ring (bicyclic) bond motifs is 1. The first kappa shape index (κ1) is 16.1. The second-order valence-corrected chi connectivity index (χ2v) is 6.09. The first-order chi connectivity index (χ1) is 9.65. The highest BCUT2D eigenvalue weighted by molar-refractivity contribution is 7.09. The second-order valence-electron chi connectivity index (χ2n) is 5.00. The van der Waals surface area contributed by atoms with Gasteiger partial charge < -0.3 is 21.5 Å². The lowest BCUT2D eigenvalue weighted by atomic mass is 10.0. The summed E-state index contributed by atoms with van der Waals surface area (Å²) in [7, 11) is 0. The number of rotatable bonds is 3. The van der Waals surface area contributed by atoms with E-state index in [0.29, 0.717) is 10.4 Å². The van der Waals surface area contributed by atoms with Crippen LogP contribution in [0.15, 0.2) is 24.3 Å². The quantitative estimate of drug-likeness (QED) is 0.762. The number of aromatic nitrogens is 1. The lowest BCUT2D eigenvalue weighted by Crippen LogP contribution is -3.00. The van der Waals surface area contributed by atoms with Crippen molar-refractivity contribution in [1.82, 2.24) is 4.57 Å². The van der Waals surface area contributed by atoms with E-state index in [9.17, 15) is 9.18 Å². The summed E-state index contributed by atoms with van der Waals surface area (Å²) in [5.41, 5.74) is 1.49. The third kappa shape index (κ3) is 3.32. The van der Waals surface area contributed by atoms with E-state index in [4.69, 9.17) is 5.41 Å². The van der Waals surface area contributed by atoms with Crippen LogP contribution in [-0.2, 0) is 19.4 Å². The van der Waals surface area contributed by atoms with E-state index in [-0.39, 0.29) is 30.7 Å². The lowest BCUT2D eigenvalue weighted by Gasteiger charge is -2.14.